The van der Waals surface area contributed by atoms with Crippen LogP contribution in [0.1, 0.15) is 59.3 Å². The van der Waals surface area contributed by atoms with Crippen molar-refractivity contribution >= 4 is 0 Å². The van der Waals surface area contributed by atoms with Gasteiger partial charge in [0.15, 0.2) is 0 Å². The van der Waals surface area contributed by atoms with Gasteiger partial charge in [-0.25, -0.2) is 0 Å². The molecule has 0 bridgehead atoms. The van der Waals surface area contributed by atoms with Gasteiger partial charge in [0.1, 0.15) is 0 Å². The maximum Gasteiger partial charge on any atom is 0.0767 e. The monoisotopic (exact) mass is 268 g/mol. The van der Waals surface area contributed by atoms with E-state index in [1.165, 1.54) is 12.8 Å². The topological polar surface area (TPSA) is 58.3 Å². The van der Waals surface area contributed by atoms with Crippen LogP contribution in [-0.2, 0) is 0 Å². The van der Waals surface area contributed by atoms with Gasteiger partial charge < -0.3 is 16.2 Å². The molecular weight excluding hydrogens is 236 g/mol. The highest BCUT2D eigenvalue weighted by Crippen LogP contribution is 2.54. The Morgan fingerprint density at radius 2 is 1.79 bits per heavy atom. The van der Waals surface area contributed by atoms with Gasteiger partial charge in [-0.3, -0.25) is 0 Å². The predicted molar refractivity (Wildman–Crippen MR) is 80.0 cm³/mol. The Morgan fingerprint density at radius 3 is 2.32 bits per heavy atom. The normalized spacial score (nSPS) is 38.1. The van der Waals surface area contributed by atoms with E-state index >= 15 is 0 Å². The van der Waals surface area contributed by atoms with Crippen LogP contribution in [0.2, 0.25) is 0 Å². The zero-order chi connectivity index (χ0) is 14.1. The maximum atomic E-state index is 11.5. The van der Waals surface area contributed by atoms with Crippen molar-refractivity contribution in [1.82, 2.24) is 5.32 Å². The molecule has 1 heterocycles. The first kappa shape index (κ1) is 15.3. The SMILES string of the molecule is CCC1CNCCC1(O)C1(CN)CCC(C)(C)CC1. The Labute approximate surface area is 118 Å². The van der Waals surface area contributed by atoms with Crippen LogP contribution >= 0.6 is 0 Å². The smallest absolute Gasteiger partial charge is 0.0767 e. The summed E-state index contributed by atoms with van der Waals surface area (Å²) < 4.78 is 0. The fourth-order valence-corrected chi connectivity index (χ4v) is 4.33. The van der Waals surface area contributed by atoms with Gasteiger partial charge in [-0.1, -0.05) is 20.8 Å². The van der Waals surface area contributed by atoms with E-state index in [0.29, 0.717) is 17.9 Å². The summed E-state index contributed by atoms with van der Waals surface area (Å²) in [5.41, 5.74) is 5.99. The molecule has 112 valence electrons. The highest BCUT2D eigenvalue weighted by atomic mass is 16.3. The van der Waals surface area contributed by atoms with Gasteiger partial charge in [-0.2, -0.15) is 0 Å². The average molecular weight is 268 g/mol. The van der Waals surface area contributed by atoms with E-state index in [-0.39, 0.29) is 5.41 Å². The van der Waals surface area contributed by atoms with E-state index in [0.717, 1.165) is 38.8 Å². The van der Waals surface area contributed by atoms with Gasteiger partial charge in [-0.15, -0.1) is 0 Å². The second-order valence-corrected chi connectivity index (χ2v) is 7.63. The van der Waals surface area contributed by atoms with E-state index in [1.54, 1.807) is 0 Å². The highest BCUT2D eigenvalue weighted by Gasteiger charge is 2.55. The van der Waals surface area contributed by atoms with Crippen LogP contribution < -0.4 is 11.1 Å². The van der Waals surface area contributed by atoms with Gasteiger partial charge in [0, 0.05) is 24.4 Å². The van der Waals surface area contributed by atoms with Crippen LogP contribution in [0.3, 0.4) is 0 Å². The molecule has 1 saturated carbocycles. The molecule has 0 radical (unpaired) electrons. The minimum Gasteiger partial charge on any atom is -0.389 e. The number of nitrogens with two attached hydrogens (primary N) is 1. The molecule has 3 heteroatoms. The number of rotatable bonds is 3. The van der Waals surface area contributed by atoms with Crippen molar-refractivity contribution in [3.8, 4) is 0 Å². The summed E-state index contributed by atoms with van der Waals surface area (Å²) in [6, 6.07) is 0. The fraction of sp³-hybridized carbons (Fsp3) is 1.00. The second-order valence-electron chi connectivity index (χ2n) is 7.63. The van der Waals surface area contributed by atoms with Crippen LogP contribution in [0.15, 0.2) is 0 Å². The molecule has 1 aliphatic heterocycles. The minimum absolute atomic E-state index is 0.0503. The lowest BCUT2D eigenvalue weighted by atomic mass is 9.53. The summed E-state index contributed by atoms with van der Waals surface area (Å²) in [5, 5.41) is 14.9. The van der Waals surface area contributed by atoms with Gasteiger partial charge in [-0.05, 0) is 50.5 Å². The number of hydrogen-bond acceptors (Lipinski definition) is 3. The van der Waals surface area contributed by atoms with Crippen LogP contribution in [0.4, 0.5) is 0 Å². The molecule has 4 N–H and O–H groups in total. The summed E-state index contributed by atoms with van der Waals surface area (Å²) in [7, 11) is 0. The average Bonchev–Trinajstić information content (AvgIpc) is 2.39. The van der Waals surface area contributed by atoms with Crippen molar-refractivity contribution < 1.29 is 5.11 Å². The molecule has 0 aromatic carbocycles. The maximum absolute atomic E-state index is 11.5. The largest absolute Gasteiger partial charge is 0.389 e. The highest BCUT2D eigenvalue weighted by molar-refractivity contribution is 5.08. The summed E-state index contributed by atoms with van der Waals surface area (Å²) in [6.07, 6.45) is 6.46. The van der Waals surface area contributed by atoms with Crippen LogP contribution in [0.5, 0.6) is 0 Å². The molecule has 19 heavy (non-hydrogen) atoms. The molecule has 2 rings (SSSR count). The van der Waals surface area contributed by atoms with Gasteiger partial charge in [0.05, 0.1) is 5.60 Å². The molecule has 3 nitrogen and oxygen atoms in total. The van der Waals surface area contributed by atoms with Gasteiger partial charge in [0.2, 0.25) is 0 Å². The van der Waals surface area contributed by atoms with Gasteiger partial charge >= 0.3 is 0 Å². The number of hydrogen-bond donors (Lipinski definition) is 3. The third kappa shape index (κ3) is 2.57. The molecule has 0 spiro atoms. The third-order valence-corrected chi connectivity index (χ3v) is 6.11. The molecule has 2 atom stereocenters. The standard InChI is InChI=1S/C16H32N2O/c1-4-13-11-18-10-9-16(13,19)15(12-17)7-5-14(2,3)6-8-15/h13,18-19H,4-12,17H2,1-3H3. The van der Waals surface area contributed by atoms with Crippen molar-refractivity contribution in [2.75, 3.05) is 19.6 Å². The van der Waals surface area contributed by atoms with Crippen molar-refractivity contribution in [1.29, 1.82) is 0 Å². The third-order valence-electron chi connectivity index (χ3n) is 6.11. The lowest BCUT2D eigenvalue weighted by molar-refractivity contribution is -0.161. The first-order valence-electron chi connectivity index (χ1n) is 8.02. The first-order chi connectivity index (χ1) is 8.89. The molecule has 1 aliphatic carbocycles. The number of aliphatic hydroxyl groups is 1. The van der Waals surface area contributed by atoms with Gasteiger partial charge in [0.25, 0.3) is 0 Å². The summed E-state index contributed by atoms with van der Waals surface area (Å²) in [6.45, 7) is 9.39. The Hall–Kier alpha value is -0.120. The van der Waals surface area contributed by atoms with Crippen LogP contribution in [0, 0.1) is 16.7 Å². The quantitative estimate of drug-likeness (QED) is 0.736. The Morgan fingerprint density at radius 1 is 1.16 bits per heavy atom. The molecule has 0 aromatic heterocycles. The molecule has 2 unspecified atom stereocenters. The molecule has 1 saturated heterocycles. The zero-order valence-electron chi connectivity index (χ0n) is 13.0. The van der Waals surface area contributed by atoms with E-state index in [1.807, 2.05) is 0 Å². The molecule has 2 fully saturated rings. The van der Waals surface area contributed by atoms with Crippen molar-refractivity contribution in [3.63, 3.8) is 0 Å². The zero-order valence-corrected chi connectivity index (χ0v) is 13.0. The van der Waals surface area contributed by atoms with Crippen molar-refractivity contribution in [2.24, 2.45) is 22.5 Å². The molecule has 2 aliphatic rings. The van der Waals surface area contributed by atoms with E-state index in [9.17, 15) is 5.11 Å². The Bertz CT molecular complexity index is 306. The summed E-state index contributed by atoms with van der Waals surface area (Å²) >= 11 is 0. The predicted octanol–water partition coefficient (Wildman–Crippen LogP) is 2.28. The van der Waals surface area contributed by atoms with E-state index in [2.05, 4.69) is 26.1 Å². The lowest BCUT2D eigenvalue weighted by Crippen LogP contribution is -2.63. The van der Waals surface area contributed by atoms with E-state index < -0.39 is 5.60 Å². The molecule has 0 amide bonds. The number of piperidine rings is 1. The Kier molecular flexibility index (Phi) is 4.29. The summed E-state index contributed by atoms with van der Waals surface area (Å²) in [4.78, 5) is 0. The first-order valence-corrected chi connectivity index (χ1v) is 8.02. The van der Waals surface area contributed by atoms with Crippen molar-refractivity contribution in [3.05, 3.63) is 0 Å². The number of nitrogens with one attached hydrogen (secondary N) is 1. The second kappa shape index (κ2) is 5.34. The lowest BCUT2D eigenvalue weighted by Gasteiger charge is -2.57. The minimum atomic E-state index is -0.557. The fourth-order valence-electron chi connectivity index (χ4n) is 4.33. The van der Waals surface area contributed by atoms with Crippen molar-refractivity contribution in [2.45, 2.75) is 64.9 Å². The van der Waals surface area contributed by atoms with Crippen LogP contribution in [-0.4, -0.2) is 30.3 Å². The Balaban J connectivity index is 2.24. The van der Waals surface area contributed by atoms with Crippen LogP contribution in [0.25, 0.3) is 0 Å². The molecular formula is C16H32N2O. The van der Waals surface area contributed by atoms with E-state index in [4.69, 9.17) is 5.73 Å². The summed E-state index contributed by atoms with van der Waals surface area (Å²) in [5.74, 6) is 0.353. The molecule has 0 aromatic rings.